The van der Waals surface area contributed by atoms with E-state index in [1.165, 1.54) is 4.88 Å². The second-order valence-electron chi connectivity index (χ2n) is 5.21. The van der Waals surface area contributed by atoms with Crippen molar-refractivity contribution in [1.82, 2.24) is 10.3 Å². The van der Waals surface area contributed by atoms with Crippen LogP contribution in [0.4, 0.5) is 0 Å². The number of carbonyl (C=O) groups is 1. The summed E-state index contributed by atoms with van der Waals surface area (Å²) in [7, 11) is 0. The van der Waals surface area contributed by atoms with Gasteiger partial charge in [-0.2, -0.15) is 0 Å². The van der Waals surface area contributed by atoms with Crippen LogP contribution in [0.3, 0.4) is 0 Å². The van der Waals surface area contributed by atoms with Crippen molar-refractivity contribution in [3.05, 3.63) is 15.6 Å². The van der Waals surface area contributed by atoms with Gasteiger partial charge in [0.1, 0.15) is 5.01 Å². The van der Waals surface area contributed by atoms with E-state index < -0.39 is 11.6 Å². The first kappa shape index (κ1) is 14.4. The van der Waals surface area contributed by atoms with E-state index in [0.717, 1.165) is 10.7 Å². The third-order valence-electron chi connectivity index (χ3n) is 3.11. The number of hydrogen-bond acceptors (Lipinski definition) is 5. The van der Waals surface area contributed by atoms with E-state index in [1.807, 2.05) is 27.7 Å². The Hall–Kier alpha value is -0.980. The minimum Gasteiger partial charge on any atom is -0.376 e. The van der Waals surface area contributed by atoms with Gasteiger partial charge in [0.2, 0.25) is 0 Å². The van der Waals surface area contributed by atoms with Crippen molar-refractivity contribution in [2.45, 2.75) is 39.3 Å². The number of hydrogen-bond donors (Lipinski definition) is 1. The Balaban J connectivity index is 2.05. The summed E-state index contributed by atoms with van der Waals surface area (Å²) in [4.78, 5) is 17.8. The normalized spacial score (nSPS) is 20.3. The first-order chi connectivity index (χ1) is 8.90. The fourth-order valence-corrected chi connectivity index (χ4v) is 2.79. The lowest BCUT2D eigenvalue weighted by Gasteiger charge is -2.28. The molecular formula is C13H20N2O3S. The molecule has 1 atom stereocenters. The maximum absolute atomic E-state index is 12.1. The van der Waals surface area contributed by atoms with Crippen LogP contribution in [0.5, 0.6) is 0 Å². The first-order valence-corrected chi connectivity index (χ1v) is 7.17. The molecule has 2 heterocycles. The minimum atomic E-state index is -0.518. The summed E-state index contributed by atoms with van der Waals surface area (Å²) < 4.78 is 10.6. The van der Waals surface area contributed by atoms with Gasteiger partial charge in [0, 0.05) is 4.88 Å². The van der Waals surface area contributed by atoms with Gasteiger partial charge in [0.05, 0.1) is 31.1 Å². The smallest absolute Gasteiger partial charge is 0.252 e. The lowest BCUT2D eigenvalue weighted by Crippen LogP contribution is -2.49. The van der Waals surface area contributed by atoms with Gasteiger partial charge >= 0.3 is 0 Å². The summed E-state index contributed by atoms with van der Waals surface area (Å²) in [6, 6.07) is 0. The summed E-state index contributed by atoms with van der Waals surface area (Å²) in [6.45, 7) is 9.25. The molecule has 2 rings (SSSR count). The molecule has 1 aromatic rings. The Morgan fingerprint density at radius 3 is 2.68 bits per heavy atom. The van der Waals surface area contributed by atoms with Gasteiger partial charge in [-0.05, 0) is 27.7 Å². The van der Waals surface area contributed by atoms with Crippen molar-refractivity contribution in [3.63, 3.8) is 0 Å². The number of aryl methyl sites for hydroxylation is 2. The van der Waals surface area contributed by atoms with Crippen molar-refractivity contribution in [2.24, 2.45) is 0 Å². The van der Waals surface area contributed by atoms with Crippen LogP contribution >= 0.6 is 11.3 Å². The zero-order valence-electron chi connectivity index (χ0n) is 11.8. The molecule has 106 valence electrons. The molecule has 1 N–H and O–H groups in total. The molecule has 0 saturated carbocycles. The standard InChI is InChI=1S/C13H20N2O3S/c1-8-9(2)19-12(14-8)13(3,4)15-11(16)10-7-17-5-6-18-10/h10H,5-7H2,1-4H3,(H,15,16)/t10-/m0/s1. The summed E-state index contributed by atoms with van der Waals surface area (Å²) in [5.74, 6) is -0.143. The summed E-state index contributed by atoms with van der Waals surface area (Å²) in [6.07, 6.45) is -0.518. The summed E-state index contributed by atoms with van der Waals surface area (Å²) in [5, 5.41) is 3.90. The van der Waals surface area contributed by atoms with Crippen molar-refractivity contribution >= 4 is 17.2 Å². The molecule has 1 saturated heterocycles. The molecule has 1 aliphatic rings. The first-order valence-electron chi connectivity index (χ1n) is 6.36. The van der Waals surface area contributed by atoms with Crippen molar-refractivity contribution < 1.29 is 14.3 Å². The Morgan fingerprint density at radius 2 is 2.16 bits per heavy atom. The molecule has 1 amide bonds. The topological polar surface area (TPSA) is 60.5 Å². The van der Waals surface area contributed by atoms with E-state index in [1.54, 1.807) is 11.3 Å². The van der Waals surface area contributed by atoms with Crippen LogP contribution in [-0.2, 0) is 19.8 Å². The third kappa shape index (κ3) is 3.32. The van der Waals surface area contributed by atoms with Crippen molar-refractivity contribution in [3.8, 4) is 0 Å². The SMILES string of the molecule is Cc1nc(C(C)(C)NC(=O)[C@@H]2COCCO2)sc1C. The number of thiazole rings is 1. The van der Waals surface area contributed by atoms with E-state index in [-0.39, 0.29) is 5.91 Å². The number of rotatable bonds is 3. The molecule has 0 bridgehead atoms. The average Bonchev–Trinajstić information content (AvgIpc) is 2.71. The molecule has 19 heavy (non-hydrogen) atoms. The number of ether oxygens (including phenoxy) is 2. The molecule has 0 radical (unpaired) electrons. The Bertz CT molecular complexity index is 445. The predicted octanol–water partition coefficient (Wildman–Crippen LogP) is 1.53. The van der Waals surface area contributed by atoms with E-state index in [9.17, 15) is 4.79 Å². The van der Waals surface area contributed by atoms with Crippen LogP contribution in [0.25, 0.3) is 0 Å². The van der Waals surface area contributed by atoms with Gasteiger partial charge < -0.3 is 14.8 Å². The number of amides is 1. The van der Waals surface area contributed by atoms with E-state index in [0.29, 0.717) is 19.8 Å². The van der Waals surface area contributed by atoms with Gasteiger partial charge in [-0.15, -0.1) is 11.3 Å². The second kappa shape index (κ2) is 5.56. The lowest BCUT2D eigenvalue weighted by molar-refractivity contribution is -0.149. The number of aromatic nitrogens is 1. The molecule has 0 aliphatic carbocycles. The maximum atomic E-state index is 12.1. The summed E-state index contributed by atoms with van der Waals surface area (Å²) in [5.41, 5.74) is 0.515. The van der Waals surface area contributed by atoms with Crippen LogP contribution in [-0.4, -0.2) is 36.8 Å². The van der Waals surface area contributed by atoms with Crippen molar-refractivity contribution in [1.29, 1.82) is 0 Å². The largest absolute Gasteiger partial charge is 0.376 e. The van der Waals surface area contributed by atoms with Crippen LogP contribution in [0.15, 0.2) is 0 Å². The Labute approximate surface area is 117 Å². The van der Waals surface area contributed by atoms with Crippen LogP contribution in [0, 0.1) is 13.8 Å². The highest BCUT2D eigenvalue weighted by molar-refractivity contribution is 7.11. The number of nitrogens with one attached hydrogen (secondary N) is 1. The van der Waals surface area contributed by atoms with Crippen LogP contribution in [0.1, 0.15) is 29.4 Å². The number of carbonyl (C=O) groups excluding carboxylic acids is 1. The molecule has 1 aliphatic heterocycles. The fourth-order valence-electron chi connectivity index (χ4n) is 1.82. The fraction of sp³-hybridized carbons (Fsp3) is 0.692. The Morgan fingerprint density at radius 1 is 1.42 bits per heavy atom. The highest BCUT2D eigenvalue weighted by Gasteiger charge is 2.31. The lowest BCUT2D eigenvalue weighted by atomic mass is 10.1. The highest BCUT2D eigenvalue weighted by Crippen LogP contribution is 2.27. The molecule has 0 aromatic carbocycles. The van der Waals surface area contributed by atoms with Crippen LogP contribution < -0.4 is 5.32 Å². The molecule has 1 fully saturated rings. The molecule has 5 nitrogen and oxygen atoms in total. The summed E-state index contributed by atoms with van der Waals surface area (Å²) >= 11 is 1.61. The second-order valence-corrected chi connectivity index (χ2v) is 6.41. The molecule has 0 unspecified atom stereocenters. The predicted molar refractivity (Wildman–Crippen MR) is 73.3 cm³/mol. The highest BCUT2D eigenvalue weighted by atomic mass is 32.1. The van der Waals surface area contributed by atoms with Gasteiger partial charge in [-0.3, -0.25) is 4.79 Å². The van der Waals surface area contributed by atoms with E-state index in [4.69, 9.17) is 9.47 Å². The van der Waals surface area contributed by atoms with E-state index in [2.05, 4.69) is 10.3 Å². The zero-order valence-corrected chi connectivity index (χ0v) is 12.6. The molecular weight excluding hydrogens is 264 g/mol. The average molecular weight is 284 g/mol. The van der Waals surface area contributed by atoms with Gasteiger partial charge in [0.25, 0.3) is 5.91 Å². The zero-order chi connectivity index (χ0) is 14.0. The quantitative estimate of drug-likeness (QED) is 0.914. The van der Waals surface area contributed by atoms with Crippen molar-refractivity contribution in [2.75, 3.05) is 19.8 Å². The minimum absolute atomic E-state index is 0.143. The van der Waals surface area contributed by atoms with E-state index >= 15 is 0 Å². The third-order valence-corrected chi connectivity index (χ3v) is 4.50. The van der Waals surface area contributed by atoms with Gasteiger partial charge in [0.15, 0.2) is 6.10 Å². The number of nitrogens with zero attached hydrogens (tertiary/aromatic N) is 1. The maximum Gasteiger partial charge on any atom is 0.252 e. The Kier molecular flexibility index (Phi) is 4.23. The van der Waals surface area contributed by atoms with Gasteiger partial charge in [-0.25, -0.2) is 4.98 Å². The van der Waals surface area contributed by atoms with Gasteiger partial charge in [-0.1, -0.05) is 0 Å². The monoisotopic (exact) mass is 284 g/mol. The molecule has 0 spiro atoms. The van der Waals surface area contributed by atoms with Crippen LogP contribution in [0.2, 0.25) is 0 Å². The molecule has 1 aromatic heterocycles. The molecule has 6 heteroatoms.